The van der Waals surface area contributed by atoms with Gasteiger partial charge in [-0.05, 0) is 51.3 Å². The van der Waals surface area contributed by atoms with Crippen molar-refractivity contribution in [2.24, 2.45) is 0 Å². The lowest BCUT2D eigenvalue weighted by Gasteiger charge is -2.20. The van der Waals surface area contributed by atoms with Gasteiger partial charge in [0.1, 0.15) is 5.82 Å². The van der Waals surface area contributed by atoms with E-state index in [0.29, 0.717) is 0 Å². The minimum Gasteiger partial charge on any atom is -0.360 e. The first kappa shape index (κ1) is 14.9. The highest BCUT2D eigenvalue weighted by atomic mass is 15.2. The van der Waals surface area contributed by atoms with Crippen molar-refractivity contribution in [3.8, 4) is 0 Å². The van der Waals surface area contributed by atoms with E-state index in [1.807, 2.05) is 6.20 Å². The molecule has 0 spiro atoms. The second kappa shape index (κ2) is 8.06. The summed E-state index contributed by atoms with van der Waals surface area (Å²) in [6, 6.07) is 4.23. The Morgan fingerprint density at radius 3 is 2.67 bits per heavy atom. The van der Waals surface area contributed by atoms with Crippen molar-refractivity contribution in [3.05, 3.63) is 23.9 Å². The van der Waals surface area contributed by atoms with E-state index < -0.39 is 0 Å². The number of aromatic nitrogens is 1. The minimum absolute atomic E-state index is 0.914. The SMILES string of the molecule is CCNCc1ccnc(N(C)CCCN(C)C)c1. The molecule has 102 valence electrons. The molecule has 0 atom stereocenters. The first-order valence-corrected chi connectivity index (χ1v) is 6.65. The zero-order chi connectivity index (χ0) is 13.4. The van der Waals surface area contributed by atoms with Gasteiger partial charge in [0.25, 0.3) is 0 Å². The van der Waals surface area contributed by atoms with Crippen LogP contribution in [0, 0.1) is 0 Å². The smallest absolute Gasteiger partial charge is 0.128 e. The van der Waals surface area contributed by atoms with Gasteiger partial charge >= 0.3 is 0 Å². The zero-order valence-corrected chi connectivity index (χ0v) is 12.1. The van der Waals surface area contributed by atoms with Crippen LogP contribution >= 0.6 is 0 Å². The molecular formula is C14H26N4. The first-order valence-electron chi connectivity index (χ1n) is 6.65. The average Bonchev–Trinajstić information content (AvgIpc) is 2.36. The maximum Gasteiger partial charge on any atom is 0.128 e. The predicted octanol–water partition coefficient (Wildman–Crippen LogP) is 1.58. The van der Waals surface area contributed by atoms with Crippen molar-refractivity contribution in [2.45, 2.75) is 19.9 Å². The molecule has 4 nitrogen and oxygen atoms in total. The Morgan fingerprint density at radius 1 is 1.22 bits per heavy atom. The molecule has 0 aliphatic carbocycles. The monoisotopic (exact) mass is 250 g/mol. The van der Waals surface area contributed by atoms with Crippen molar-refractivity contribution in [1.82, 2.24) is 15.2 Å². The number of hydrogen-bond acceptors (Lipinski definition) is 4. The predicted molar refractivity (Wildman–Crippen MR) is 78.1 cm³/mol. The molecule has 0 amide bonds. The van der Waals surface area contributed by atoms with Crippen LogP contribution in [0.1, 0.15) is 18.9 Å². The van der Waals surface area contributed by atoms with Gasteiger partial charge in [-0.3, -0.25) is 0 Å². The summed E-state index contributed by atoms with van der Waals surface area (Å²) in [5.74, 6) is 1.06. The third kappa shape index (κ3) is 5.47. The van der Waals surface area contributed by atoms with E-state index in [1.165, 1.54) is 5.56 Å². The maximum absolute atomic E-state index is 4.43. The van der Waals surface area contributed by atoms with Crippen LogP contribution < -0.4 is 10.2 Å². The number of hydrogen-bond donors (Lipinski definition) is 1. The largest absolute Gasteiger partial charge is 0.360 e. The van der Waals surface area contributed by atoms with Crippen molar-refractivity contribution >= 4 is 5.82 Å². The second-order valence-corrected chi connectivity index (χ2v) is 4.88. The van der Waals surface area contributed by atoms with Crippen LogP contribution in [0.3, 0.4) is 0 Å². The normalized spacial score (nSPS) is 10.9. The molecule has 4 heteroatoms. The Morgan fingerprint density at radius 2 is 2.00 bits per heavy atom. The lowest BCUT2D eigenvalue weighted by Crippen LogP contribution is -2.24. The molecule has 0 saturated heterocycles. The van der Waals surface area contributed by atoms with E-state index in [1.54, 1.807) is 0 Å². The van der Waals surface area contributed by atoms with Gasteiger partial charge in [-0.15, -0.1) is 0 Å². The molecule has 0 radical (unpaired) electrons. The molecule has 0 unspecified atom stereocenters. The Bertz CT molecular complexity index is 338. The highest BCUT2D eigenvalue weighted by Crippen LogP contribution is 2.11. The summed E-state index contributed by atoms with van der Waals surface area (Å²) in [6.07, 6.45) is 3.05. The number of anilines is 1. The molecule has 1 heterocycles. The van der Waals surface area contributed by atoms with Crippen LogP contribution in [0.15, 0.2) is 18.3 Å². The second-order valence-electron chi connectivity index (χ2n) is 4.88. The molecule has 1 aromatic rings. The van der Waals surface area contributed by atoms with E-state index >= 15 is 0 Å². The van der Waals surface area contributed by atoms with E-state index in [9.17, 15) is 0 Å². The lowest BCUT2D eigenvalue weighted by atomic mass is 10.2. The molecule has 0 aliphatic rings. The number of pyridine rings is 1. The van der Waals surface area contributed by atoms with Gasteiger partial charge in [-0.2, -0.15) is 0 Å². The molecule has 0 aliphatic heterocycles. The van der Waals surface area contributed by atoms with Crippen LogP contribution in [-0.2, 0) is 6.54 Å². The summed E-state index contributed by atoms with van der Waals surface area (Å²) in [5, 5.41) is 3.34. The molecule has 0 aromatic carbocycles. The number of nitrogens with one attached hydrogen (secondary N) is 1. The fourth-order valence-corrected chi connectivity index (χ4v) is 1.79. The van der Waals surface area contributed by atoms with Gasteiger partial charge in [0.15, 0.2) is 0 Å². The third-order valence-electron chi connectivity index (χ3n) is 2.88. The quantitative estimate of drug-likeness (QED) is 0.759. The van der Waals surface area contributed by atoms with Crippen molar-refractivity contribution in [3.63, 3.8) is 0 Å². The molecule has 1 N–H and O–H groups in total. The molecule has 0 bridgehead atoms. The minimum atomic E-state index is 0.914. The highest BCUT2D eigenvalue weighted by molar-refractivity contribution is 5.39. The van der Waals surface area contributed by atoms with E-state index in [4.69, 9.17) is 0 Å². The van der Waals surface area contributed by atoms with Gasteiger partial charge in [-0.1, -0.05) is 6.92 Å². The van der Waals surface area contributed by atoms with Crippen LogP contribution in [0.5, 0.6) is 0 Å². The van der Waals surface area contributed by atoms with E-state index in [-0.39, 0.29) is 0 Å². The lowest BCUT2D eigenvalue weighted by molar-refractivity contribution is 0.401. The Kier molecular flexibility index (Phi) is 6.68. The van der Waals surface area contributed by atoms with Gasteiger partial charge in [0.05, 0.1) is 0 Å². The van der Waals surface area contributed by atoms with Crippen LogP contribution in [0.25, 0.3) is 0 Å². The topological polar surface area (TPSA) is 31.4 Å². The standard InChI is InChI=1S/C14H26N4/c1-5-15-12-13-7-8-16-14(11-13)18(4)10-6-9-17(2)3/h7-8,11,15H,5-6,9-10,12H2,1-4H3. The number of rotatable bonds is 8. The molecule has 1 rings (SSSR count). The fourth-order valence-electron chi connectivity index (χ4n) is 1.79. The highest BCUT2D eigenvalue weighted by Gasteiger charge is 2.03. The van der Waals surface area contributed by atoms with Crippen molar-refractivity contribution in [2.75, 3.05) is 45.7 Å². The summed E-state index contributed by atoms with van der Waals surface area (Å²) in [7, 11) is 6.32. The van der Waals surface area contributed by atoms with Gasteiger partial charge in [0, 0.05) is 26.3 Å². The van der Waals surface area contributed by atoms with E-state index in [0.717, 1.165) is 38.4 Å². The Hall–Kier alpha value is -1.13. The van der Waals surface area contributed by atoms with E-state index in [2.05, 4.69) is 60.3 Å². The maximum atomic E-state index is 4.43. The molecular weight excluding hydrogens is 224 g/mol. The van der Waals surface area contributed by atoms with Crippen LogP contribution in [-0.4, -0.2) is 50.7 Å². The molecule has 0 fully saturated rings. The van der Waals surface area contributed by atoms with Gasteiger partial charge in [-0.25, -0.2) is 4.98 Å². The summed E-state index contributed by atoms with van der Waals surface area (Å²) >= 11 is 0. The van der Waals surface area contributed by atoms with Crippen molar-refractivity contribution in [1.29, 1.82) is 0 Å². The summed E-state index contributed by atoms with van der Waals surface area (Å²) < 4.78 is 0. The Labute approximate surface area is 111 Å². The van der Waals surface area contributed by atoms with Gasteiger partial charge < -0.3 is 15.1 Å². The third-order valence-corrected chi connectivity index (χ3v) is 2.88. The average molecular weight is 250 g/mol. The molecule has 1 aromatic heterocycles. The summed E-state index contributed by atoms with van der Waals surface area (Å²) in [5.41, 5.74) is 1.29. The zero-order valence-electron chi connectivity index (χ0n) is 12.1. The van der Waals surface area contributed by atoms with Crippen LogP contribution in [0.2, 0.25) is 0 Å². The van der Waals surface area contributed by atoms with Crippen LogP contribution in [0.4, 0.5) is 5.82 Å². The molecule has 18 heavy (non-hydrogen) atoms. The van der Waals surface area contributed by atoms with Crippen molar-refractivity contribution < 1.29 is 0 Å². The summed E-state index contributed by atoms with van der Waals surface area (Å²) in [6.45, 7) is 6.18. The molecule has 0 saturated carbocycles. The van der Waals surface area contributed by atoms with Gasteiger partial charge in [0.2, 0.25) is 0 Å². The Balaban J connectivity index is 2.48. The first-order chi connectivity index (χ1) is 8.63. The number of nitrogens with zero attached hydrogens (tertiary/aromatic N) is 3. The summed E-state index contributed by atoms with van der Waals surface area (Å²) in [4.78, 5) is 8.86. The fraction of sp³-hybridized carbons (Fsp3) is 0.643.